The van der Waals surface area contributed by atoms with E-state index in [1.54, 1.807) is 0 Å². The first-order chi connectivity index (χ1) is 8.56. The molecule has 3 heteroatoms. The molecule has 1 N–H and O–H groups in total. The van der Waals surface area contributed by atoms with Gasteiger partial charge in [-0.15, -0.1) is 0 Å². The summed E-state index contributed by atoms with van der Waals surface area (Å²) in [4.78, 5) is 14.3. The van der Waals surface area contributed by atoms with Crippen molar-refractivity contribution in [1.29, 1.82) is 0 Å². The Morgan fingerprint density at radius 1 is 1.28 bits per heavy atom. The highest BCUT2D eigenvalue weighted by Crippen LogP contribution is 2.11. The average Bonchev–Trinajstić information content (AvgIpc) is 2.31. The van der Waals surface area contributed by atoms with Gasteiger partial charge in [0.2, 0.25) is 5.91 Å². The summed E-state index contributed by atoms with van der Waals surface area (Å²) in [6.45, 7) is 7.95. The summed E-state index contributed by atoms with van der Waals surface area (Å²) in [5, 5.41) is 3.45. The normalized spacial score (nSPS) is 24.1. The van der Waals surface area contributed by atoms with Crippen molar-refractivity contribution in [3.8, 4) is 0 Å². The molecule has 1 saturated heterocycles. The van der Waals surface area contributed by atoms with E-state index in [1.165, 1.54) is 5.56 Å². The first-order valence-electron chi connectivity index (χ1n) is 6.64. The van der Waals surface area contributed by atoms with E-state index in [2.05, 4.69) is 32.2 Å². The van der Waals surface area contributed by atoms with E-state index in [0.717, 1.165) is 18.7 Å². The number of hydrogen-bond donors (Lipinski definition) is 1. The van der Waals surface area contributed by atoms with Gasteiger partial charge in [0, 0.05) is 25.2 Å². The van der Waals surface area contributed by atoms with Crippen LogP contribution in [0.25, 0.3) is 0 Å². The van der Waals surface area contributed by atoms with Crippen LogP contribution in [0, 0.1) is 6.92 Å². The lowest BCUT2D eigenvalue weighted by Crippen LogP contribution is -2.56. The minimum atomic E-state index is 0.240. The molecule has 0 spiro atoms. The molecule has 1 fully saturated rings. The quantitative estimate of drug-likeness (QED) is 0.862. The second kappa shape index (κ2) is 5.53. The number of nitrogens with one attached hydrogen (secondary N) is 1. The average molecular weight is 246 g/mol. The fraction of sp³-hybridized carbons (Fsp3) is 0.533. The maximum absolute atomic E-state index is 12.3. The summed E-state index contributed by atoms with van der Waals surface area (Å²) < 4.78 is 0. The number of benzene rings is 1. The molecule has 3 nitrogen and oxygen atoms in total. The molecule has 0 saturated carbocycles. The predicted molar refractivity (Wildman–Crippen MR) is 73.5 cm³/mol. The van der Waals surface area contributed by atoms with E-state index >= 15 is 0 Å². The summed E-state index contributed by atoms with van der Waals surface area (Å²) in [7, 11) is 0. The molecule has 0 aromatic heterocycles. The molecule has 0 bridgehead atoms. The van der Waals surface area contributed by atoms with Gasteiger partial charge in [-0.25, -0.2) is 0 Å². The standard InChI is InChI=1S/C15H22N2O/c1-11-6-4-5-7-14(11)8-15(18)17-9-12(2)16-13(3)10-17/h4-7,12-13,16H,8-10H2,1-3H3. The SMILES string of the molecule is Cc1ccccc1CC(=O)N1CC(C)NC(C)C1. The molecule has 0 radical (unpaired) electrons. The van der Waals surface area contributed by atoms with Gasteiger partial charge in [0.15, 0.2) is 0 Å². The lowest BCUT2D eigenvalue weighted by molar-refractivity contribution is -0.132. The monoisotopic (exact) mass is 246 g/mol. The van der Waals surface area contributed by atoms with Crippen LogP contribution in [0.3, 0.4) is 0 Å². The van der Waals surface area contributed by atoms with Gasteiger partial charge in [-0.3, -0.25) is 4.79 Å². The van der Waals surface area contributed by atoms with Crippen LogP contribution in [0.15, 0.2) is 24.3 Å². The van der Waals surface area contributed by atoms with Crippen LogP contribution in [-0.2, 0) is 11.2 Å². The Balaban J connectivity index is 2.02. The van der Waals surface area contributed by atoms with Gasteiger partial charge in [0.1, 0.15) is 0 Å². The summed E-state index contributed by atoms with van der Waals surface area (Å²) in [6.07, 6.45) is 0.520. The third kappa shape index (κ3) is 3.10. The number of aryl methyl sites for hydroxylation is 1. The zero-order valence-corrected chi connectivity index (χ0v) is 11.4. The fourth-order valence-corrected chi connectivity index (χ4v) is 2.61. The highest BCUT2D eigenvalue weighted by molar-refractivity contribution is 5.79. The van der Waals surface area contributed by atoms with Gasteiger partial charge >= 0.3 is 0 Å². The van der Waals surface area contributed by atoms with Crippen molar-refractivity contribution in [3.05, 3.63) is 35.4 Å². The maximum atomic E-state index is 12.3. The number of carbonyl (C=O) groups excluding carboxylic acids is 1. The molecule has 1 amide bonds. The maximum Gasteiger partial charge on any atom is 0.227 e. The number of piperazine rings is 1. The highest BCUT2D eigenvalue weighted by atomic mass is 16.2. The molecule has 1 heterocycles. The van der Waals surface area contributed by atoms with Crippen molar-refractivity contribution in [2.24, 2.45) is 0 Å². The molecule has 1 aromatic carbocycles. The van der Waals surface area contributed by atoms with Crippen molar-refractivity contribution < 1.29 is 4.79 Å². The lowest BCUT2D eigenvalue weighted by Gasteiger charge is -2.36. The summed E-state index contributed by atoms with van der Waals surface area (Å²) in [5.74, 6) is 0.240. The fourth-order valence-electron chi connectivity index (χ4n) is 2.61. The molecule has 2 rings (SSSR count). The van der Waals surface area contributed by atoms with E-state index in [-0.39, 0.29) is 5.91 Å². The Bertz CT molecular complexity index is 420. The number of carbonyl (C=O) groups is 1. The van der Waals surface area contributed by atoms with Gasteiger partial charge in [-0.2, -0.15) is 0 Å². The third-order valence-corrected chi connectivity index (χ3v) is 3.51. The van der Waals surface area contributed by atoms with Crippen LogP contribution < -0.4 is 5.32 Å². The van der Waals surface area contributed by atoms with Crippen molar-refractivity contribution in [1.82, 2.24) is 10.2 Å². The number of rotatable bonds is 2. The van der Waals surface area contributed by atoms with E-state index in [1.807, 2.05) is 23.1 Å². The van der Waals surface area contributed by atoms with Crippen molar-refractivity contribution in [2.75, 3.05) is 13.1 Å². The molecule has 18 heavy (non-hydrogen) atoms. The number of amides is 1. The van der Waals surface area contributed by atoms with Gasteiger partial charge in [0.25, 0.3) is 0 Å². The van der Waals surface area contributed by atoms with Crippen LogP contribution in [0.5, 0.6) is 0 Å². The number of nitrogens with zero attached hydrogens (tertiary/aromatic N) is 1. The molecule has 2 unspecified atom stereocenters. The summed E-state index contributed by atoms with van der Waals surface area (Å²) in [5.41, 5.74) is 2.34. The zero-order chi connectivity index (χ0) is 13.1. The Hall–Kier alpha value is -1.35. The van der Waals surface area contributed by atoms with Crippen molar-refractivity contribution in [2.45, 2.75) is 39.3 Å². The molecule has 1 aromatic rings. The van der Waals surface area contributed by atoms with E-state index < -0.39 is 0 Å². The predicted octanol–water partition coefficient (Wildman–Crippen LogP) is 1.75. The van der Waals surface area contributed by atoms with Crippen LogP contribution in [0.2, 0.25) is 0 Å². The molecular formula is C15H22N2O. The third-order valence-electron chi connectivity index (χ3n) is 3.51. The summed E-state index contributed by atoms with van der Waals surface area (Å²) in [6, 6.07) is 8.88. The second-order valence-electron chi connectivity index (χ2n) is 5.37. The van der Waals surface area contributed by atoms with E-state index in [0.29, 0.717) is 18.5 Å². The van der Waals surface area contributed by atoms with Gasteiger partial charge in [-0.1, -0.05) is 24.3 Å². The van der Waals surface area contributed by atoms with E-state index in [4.69, 9.17) is 0 Å². The van der Waals surface area contributed by atoms with Gasteiger partial charge < -0.3 is 10.2 Å². The zero-order valence-electron chi connectivity index (χ0n) is 11.4. The van der Waals surface area contributed by atoms with Crippen molar-refractivity contribution >= 4 is 5.91 Å². The largest absolute Gasteiger partial charge is 0.339 e. The molecule has 1 aliphatic heterocycles. The number of hydrogen-bond acceptors (Lipinski definition) is 2. The molecule has 1 aliphatic rings. The Labute approximate surface area is 109 Å². The topological polar surface area (TPSA) is 32.3 Å². The first-order valence-corrected chi connectivity index (χ1v) is 6.64. The molecular weight excluding hydrogens is 224 g/mol. The van der Waals surface area contributed by atoms with Gasteiger partial charge in [-0.05, 0) is 31.9 Å². The summed E-state index contributed by atoms with van der Waals surface area (Å²) >= 11 is 0. The van der Waals surface area contributed by atoms with Crippen LogP contribution >= 0.6 is 0 Å². The molecule has 98 valence electrons. The highest BCUT2D eigenvalue weighted by Gasteiger charge is 2.24. The smallest absolute Gasteiger partial charge is 0.227 e. The molecule has 0 aliphatic carbocycles. The minimum Gasteiger partial charge on any atom is -0.339 e. The van der Waals surface area contributed by atoms with Crippen molar-refractivity contribution in [3.63, 3.8) is 0 Å². The first kappa shape index (κ1) is 13.1. The lowest BCUT2D eigenvalue weighted by atomic mass is 10.0. The Morgan fingerprint density at radius 3 is 2.50 bits per heavy atom. The van der Waals surface area contributed by atoms with E-state index in [9.17, 15) is 4.79 Å². The Kier molecular flexibility index (Phi) is 4.02. The van der Waals surface area contributed by atoms with Crippen LogP contribution in [0.1, 0.15) is 25.0 Å². The Morgan fingerprint density at radius 2 is 1.89 bits per heavy atom. The minimum absolute atomic E-state index is 0.240. The van der Waals surface area contributed by atoms with Crippen LogP contribution in [0.4, 0.5) is 0 Å². The van der Waals surface area contributed by atoms with Gasteiger partial charge in [0.05, 0.1) is 6.42 Å². The molecule has 2 atom stereocenters. The van der Waals surface area contributed by atoms with Crippen LogP contribution in [-0.4, -0.2) is 36.0 Å². The second-order valence-corrected chi connectivity index (χ2v) is 5.37.